The van der Waals surface area contributed by atoms with Crippen molar-refractivity contribution in [1.29, 1.82) is 0 Å². The number of thioether (sulfide) groups is 1. The van der Waals surface area contributed by atoms with Crippen LogP contribution in [0.1, 0.15) is 6.42 Å². The van der Waals surface area contributed by atoms with Gasteiger partial charge in [-0.1, -0.05) is 0 Å². The van der Waals surface area contributed by atoms with Crippen molar-refractivity contribution in [2.24, 2.45) is 10.9 Å². The van der Waals surface area contributed by atoms with Gasteiger partial charge in [0, 0.05) is 11.7 Å². The van der Waals surface area contributed by atoms with Gasteiger partial charge in [0.1, 0.15) is 8.86 Å². The van der Waals surface area contributed by atoms with E-state index in [4.69, 9.17) is 0 Å². The molecule has 1 atom stereocenters. The van der Waals surface area contributed by atoms with Crippen molar-refractivity contribution in [3.05, 3.63) is 10.0 Å². The summed E-state index contributed by atoms with van der Waals surface area (Å²) >= 11 is 4.79. The van der Waals surface area contributed by atoms with Gasteiger partial charge in [-0.05, 0) is 28.1 Å². The first-order valence-corrected chi connectivity index (χ1v) is 7.31. The standard InChI is InChI=1S/C7H8BrNO2S2/c8-6-3-9-7(13(6,10)11)5-1-2-12-4-5/h3,5H,1-2,4H2. The molecule has 0 aromatic carbocycles. The van der Waals surface area contributed by atoms with Crippen molar-refractivity contribution >= 4 is 42.6 Å². The fraction of sp³-hybridized carbons (Fsp3) is 0.571. The van der Waals surface area contributed by atoms with Gasteiger partial charge in [-0.25, -0.2) is 13.4 Å². The quantitative estimate of drug-likeness (QED) is 0.736. The summed E-state index contributed by atoms with van der Waals surface area (Å²) in [6.07, 6.45) is 2.31. The molecule has 0 aromatic rings. The Bertz CT molecular complexity index is 379. The molecule has 72 valence electrons. The van der Waals surface area contributed by atoms with Crippen LogP contribution >= 0.6 is 27.7 Å². The summed E-state index contributed by atoms with van der Waals surface area (Å²) in [7, 11) is -3.23. The molecule has 0 aromatic heterocycles. The zero-order valence-corrected chi connectivity index (χ0v) is 9.95. The molecule has 1 fully saturated rings. The van der Waals surface area contributed by atoms with Crippen LogP contribution in [-0.2, 0) is 9.84 Å². The van der Waals surface area contributed by atoms with E-state index in [1.54, 1.807) is 11.8 Å². The SMILES string of the molecule is O=S1(=O)C(Br)=CN=C1C1CCSC1. The first-order chi connectivity index (χ1) is 6.12. The third-order valence-corrected chi connectivity index (χ3v) is 6.36. The topological polar surface area (TPSA) is 46.5 Å². The molecule has 2 rings (SSSR count). The highest BCUT2D eigenvalue weighted by Gasteiger charge is 2.35. The number of sulfone groups is 1. The lowest BCUT2D eigenvalue weighted by Crippen LogP contribution is -2.21. The summed E-state index contributed by atoms with van der Waals surface area (Å²) < 4.78 is 23.5. The molecular weight excluding hydrogens is 274 g/mol. The van der Waals surface area contributed by atoms with Crippen molar-refractivity contribution in [2.75, 3.05) is 11.5 Å². The number of hydrogen-bond acceptors (Lipinski definition) is 4. The summed E-state index contributed by atoms with van der Waals surface area (Å²) in [5.41, 5.74) is 0. The van der Waals surface area contributed by atoms with E-state index in [9.17, 15) is 8.42 Å². The van der Waals surface area contributed by atoms with E-state index in [0.717, 1.165) is 17.9 Å². The third kappa shape index (κ3) is 1.59. The lowest BCUT2D eigenvalue weighted by molar-refractivity contribution is 0.612. The molecule has 1 saturated heterocycles. The second-order valence-corrected chi connectivity index (χ2v) is 7.36. The molecule has 0 aliphatic carbocycles. The van der Waals surface area contributed by atoms with E-state index < -0.39 is 9.84 Å². The third-order valence-electron chi connectivity index (χ3n) is 2.10. The number of rotatable bonds is 1. The summed E-state index contributed by atoms with van der Waals surface area (Å²) in [5.74, 6) is 2.05. The van der Waals surface area contributed by atoms with Crippen molar-refractivity contribution < 1.29 is 8.42 Å². The van der Waals surface area contributed by atoms with Crippen LogP contribution in [0.25, 0.3) is 0 Å². The summed E-state index contributed by atoms with van der Waals surface area (Å²) in [6, 6.07) is 0. The lowest BCUT2D eigenvalue weighted by Gasteiger charge is -2.07. The van der Waals surface area contributed by atoms with Crippen molar-refractivity contribution in [1.82, 2.24) is 0 Å². The van der Waals surface area contributed by atoms with Crippen LogP contribution in [0.2, 0.25) is 0 Å². The molecule has 3 nitrogen and oxygen atoms in total. The highest BCUT2D eigenvalue weighted by Crippen LogP contribution is 2.33. The van der Waals surface area contributed by atoms with Crippen LogP contribution in [0.4, 0.5) is 0 Å². The molecule has 2 heterocycles. The summed E-state index contributed by atoms with van der Waals surface area (Å²) in [5, 5.41) is 0.351. The number of halogens is 1. The minimum absolute atomic E-state index is 0.126. The van der Waals surface area contributed by atoms with Crippen LogP contribution < -0.4 is 0 Å². The van der Waals surface area contributed by atoms with Gasteiger partial charge in [0.05, 0.1) is 6.20 Å². The van der Waals surface area contributed by atoms with Gasteiger partial charge < -0.3 is 0 Å². The Morgan fingerprint density at radius 2 is 2.38 bits per heavy atom. The Kier molecular flexibility index (Phi) is 2.55. The molecule has 6 heteroatoms. The molecule has 1 unspecified atom stereocenters. The Hall–Kier alpha value is 0.190. The van der Waals surface area contributed by atoms with Crippen molar-refractivity contribution in [2.45, 2.75) is 6.42 Å². The lowest BCUT2D eigenvalue weighted by atomic mass is 10.1. The van der Waals surface area contributed by atoms with Crippen LogP contribution in [0.15, 0.2) is 15.0 Å². The number of hydrogen-bond donors (Lipinski definition) is 0. The maximum absolute atomic E-state index is 11.6. The monoisotopic (exact) mass is 281 g/mol. The van der Waals surface area contributed by atoms with Crippen molar-refractivity contribution in [3.8, 4) is 0 Å². The largest absolute Gasteiger partial charge is 0.247 e. The molecule has 0 radical (unpaired) electrons. The van der Waals surface area contributed by atoms with Gasteiger partial charge >= 0.3 is 0 Å². The normalized spacial score (nSPS) is 31.6. The summed E-state index contributed by atoms with van der Waals surface area (Å²) in [6.45, 7) is 0. The highest BCUT2D eigenvalue weighted by atomic mass is 79.9. The van der Waals surface area contributed by atoms with Crippen LogP contribution in [0.5, 0.6) is 0 Å². The van der Waals surface area contributed by atoms with E-state index >= 15 is 0 Å². The van der Waals surface area contributed by atoms with Gasteiger partial charge in [0.2, 0.25) is 9.84 Å². The fourth-order valence-electron chi connectivity index (χ4n) is 1.41. The van der Waals surface area contributed by atoms with Crippen LogP contribution in [-0.4, -0.2) is 25.0 Å². The van der Waals surface area contributed by atoms with Crippen LogP contribution in [0.3, 0.4) is 0 Å². The minimum Gasteiger partial charge on any atom is -0.247 e. The smallest absolute Gasteiger partial charge is 0.228 e. The second kappa shape index (κ2) is 3.40. The zero-order chi connectivity index (χ0) is 9.47. The predicted octanol–water partition coefficient (Wildman–Crippen LogP) is 1.76. The van der Waals surface area contributed by atoms with E-state index in [1.807, 2.05) is 0 Å². The van der Waals surface area contributed by atoms with Gasteiger partial charge in [0.25, 0.3) is 0 Å². The molecular formula is C7H8BrNO2S2. The van der Waals surface area contributed by atoms with E-state index in [2.05, 4.69) is 20.9 Å². The van der Waals surface area contributed by atoms with E-state index in [0.29, 0.717) is 5.04 Å². The van der Waals surface area contributed by atoms with Gasteiger partial charge in [-0.3, -0.25) is 0 Å². The predicted molar refractivity (Wildman–Crippen MR) is 58.8 cm³/mol. The molecule has 0 amide bonds. The highest BCUT2D eigenvalue weighted by molar-refractivity contribution is 9.14. The number of aliphatic imine (C=N–C) groups is 1. The Morgan fingerprint density at radius 3 is 2.85 bits per heavy atom. The average molecular weight is 282 g/mol. The maximum atomic E-state index is 11.6. The van der Waals surface area contributed by atoms with Crippen LogP contribution in [0, 0.1) is 5.92 Å². The zero-order valence-electron chi connectivity index (χ0n) is 6.73. The van der Waals surface area contributed by atoms with Gasteiger partial charge in [-0.2, -0.15) is 11.8 Å². The Balaban J connectivity index is 2.29. The fourth-order valence-corrected chi connectivity index (χ4v) is 4.56. The summed E-state index contributed by atoms with van der Waals surface area (Å²) in [4.78, 5) is 3.96. The molecule has 0 N–H and O–H groups in total. The molecule has 0 saturated carbocycles. The van der Waals surface area contributed by atoms with Crippen molar-refractivity contribution in [3.63, 3.8) is 0 Å². The molecule has 13 heavy (non-hydrogen) atoms. The minimum atomic E-state index is -3.23. The average Bonchev–Trinajstić information content (AvgIpc) is 2.62. The maximum Gasteiger partial charge on any atom is 0.228 e. The van der Waals surface area contributed by atoms with E-state index in [-0.39, 0.29) is 9.73 Å². The molecule has 0 bridgehead atoms. The first-order valence-electron chi connectivity index (χ1n) is 3.88. The van der Waals surface area contributed by atoms with Gasteiger partial charge in [-0.15, -0.1) is 0 Å². The Labute approximate surface area is 89.7 Å². The van der Waals surface area contributed by atoms with E-state index in [1.165, 1.54) is 6.20 Å². The second-order valence-electron chi connectivity index (χ2n) is 2.96. The number of nitrogens with zero attached hydrogens (tertiary/aromatic N) is 1. The molecule has 0 spiro atoms. The molecule has 2 aliphatic rings. The van der Waals surface area contributed by atoms with Gasteiger partial charge in [0.15, 0.2) is 0 Å². The first kappa shape index (κ1) is 9.73. The molecule has 2 aliphatic heterocycles. The Morgan fingerprint density at radius 1 is 1.62 bits per heavy atom.